The summed E-state index contributed by atoms with van der Waals surface area (Å²) in [5.41, 5.74) is 4.44. The van der Waals surface area contributed by atoms with E-state index in [0.717, 1.165) is 15.3 Å². The average Bonchev–Trinajstić information content (AvgIpc) is 2.67. The molecule has 0 saturated carbocycles. The van der Waals surface area contributed by atoms with Crippen LogP contribution in [0.2, 0.25) is 0 Å². The first-order valence-electron chi connectivity index (χ1n) is 8.54. The molecule has 0 atom stereocenters. The fourth-order valence-corrected chi connectivity index (χ4v) is 5.18. The summed E-state index contributed by atoms with van der Waals surface area (Å²) in [7, 11) is -0.977. The van der Waals surface area contributed by atoms with Gasteiger partial charge in [-0.2, -0.15) is 4.73 Å². The minimum Gasteiger partial charge on any atom is -0.618 e. The molecule has 0 fully saturated rings. The molecule has 26 heavy (non-hydrogen) atoms. The molecular formula is C22H19N2OP. The van der Waals surface area contributed by atoms with Gasteiger partial charge in [-0.05, 0) is 30.5 Å². The first kappa shape index (κ1) is 16.7. The molecule has 0 saturated heterocycles. The molecule has 0 aliphatic rings. The summed E-state index contributed by atoms with van der Waals surface area (Å²) in [4.78, 5) is 4.54. The number of fused-ring (bicyclic) bond motifs is 1. The summed E-state index contributed by atoms with van der Waals surface area (Å²) in [6, 6.07) is 24.4. The number of benzene rings is 3. The van der Waals surface area contributed by atoms with E-state index in [1.165, 1.54) is 11.1 Å². The van der Waals surface area contributed by atoms with Crippen LogP contribution in [0.1, 0.15) is 11.1 Å². The monoisotopic (exact) mass is 358 g/mol. The summed E-state index contributed by atoms with van der Waals surface area (Å²) in [5.74, 6) is 0. The van der Waals surface area contributed by atoms with Gasteiger partial charge in [-0.1, -0.05) is 71.8 Å². The van der Waals surface area contributed by atoms with E-state index in [4.69, 9.17) is 0 Å². The van der Waals surface area contributed by atoms with E-state index >= 15 is 0 Å². The van der Waals surface area contributed by atoms with Crippen molar-refractivity contribution in [3.8, 4) is 0 Å². The first-order chi connectivity index (χ1) is 12.6. The zero-order valence-electron chi connectivity index (χ0n) is 14.8. The molecule has 0 aliphatic heterocycles. The number of para-hydroxylation sites is 2. The predicted molar refractivity (Wildman–Crippen MR) is 109 cm³/mol. The van der Waals surface area contributed by atoms with Crippen LogP contribution in [-0.2, 0) is 0 Å². The Hall–Kier alpha value is -2.77. The summed E-state index contributed by atoms with van der Waals surface area (Å²) in [5, 5.41) is 15.4. The van der Waals surface area contributed by atoms with E-state index in [1.807, 2.05) is 24.3 Å². The van der Waals surface area contributed by atoms with Crippen molar-refractivity contribution >= 4 is 35.0 Å². The third kappa shape index (κ3) is 3.07. The van der Waals surface area contributed by atoms with E-state index < -0.39 is 7.92 Å². The van der Waals surface area contributed by atoms with Gasteiger partial charge in [0, 0.05) is 6.07 Å². The highest BCUT2D eigenvalue weighted by Crippen LogP contribution is 2.31. The zero-order chi connectivity index (χ0) is 18.1. The molecular weight excluding hydrogens is 339 g/mol. The number of rotatable bonds is 3. The minimum atomic E-state index is -0.977. The molecule has 1 heterocycles. The van der Waals surface area contributed by atoms with Gasteiger partial charge in [-0.3, -0.25) is 0 Å². The Kier molecular flexibility index (Phi) is 4.40. The van der Waals surface area contributed by atoms with Crippen molar-refractivity contribution < 1.29 is 4.73 Å². The second-order valence-electron chi connectivity index (χ2n) is 6.41. The molecule has 0 unspecified atom stereocenters. The van der Waals surface area contributed by atoms with Gasteiger partial charge in [-0.25, -0.2) is 4.98 Å². The van der Waals surface area contributed by atoms with Gasteiger partial charge in [0.2, 0.25) is 11.0 Å². The van der Waals surface area contributed by atoms with Gasteiger partial charge in [0.25, 0.3) is 0 Å². The fourth-order valence-electron chi connectivity index (χ4n) is 3.00. The van der Waals surface area contributed by atoms with Crippen molar-refractivity contribution in [1.82, 2.24) is 4.98 Å². The smallest absolute Gasteiger partial charge is 0.242 e. The first-order valence-corrected chi connectivity index (χ1v) is 9.88. The second-order valence-corrected chi connectivity index (χ2v) is 8.57. The van der Waals surface area contributed by atoms with Crippen molar-refractivity contribution in [2.24, 2.45) is 0 Å². The van der Waals surface area contributed by atoms with Gasteiger partial charge in [0.15, 0.2) is 0 Å². The highest BCUT2D eigenvalue weighted by atomic mass is 31.1. The van der Waals surface area contributed by atoms with Crippen molar-refractivity contribution in [3.05, 3.63) is 95.3 Å². The van der Waals surface area contributed by atoms with Gasteiger partial charge in [0.1, 0.15) is 11.7 Å². The molecule has 0 N–H and O–H groups in total. The Labute approximate surface area is 154 Å². The lowest BCUT2D eigenvalue weighted by molar-refractivity contribution is -0.557. The van der Waals surface area contributed by atoms with Crippen molar-refractivity contribution in [2.45, 2.75) is 13.8 Å². The minimum absolute atomic E-state index is 0.608. The van der Waals surface area contributed by atoms with Crippen molar-refractivity contribution in [3.63, 3.8) is 0 Å². The molecule has 0 bridgehead atoms. The van der Waals surface area contributed by atoms with E-state index in [9.17, 15) is 5.21 Å². The Morgan fingerprint density at radius 1 is 0.769 bits per heavy atom. The average molecular weight is 358 g/mol. The quantitative estimate of drug-likeness (QED) is 0.320. The summed E-state index contributed by atoms with van der Waals surface area (Å²) < 4.78 is 1.05. The van der Waals surface area contributed by atoms with Crippen LogP contribution < -0.4 is 20.8 Å². The predicted octanol–water partition coefficient (Wildman–Crippen LogP) is 3.24. The van der Waals surface area contributed by atoms with Gasteiger partial charge in [-0.15, -0.1) is 0 Å². The summed E-state index contributed by atoms with van der Waals surface area (Å²) in [6.45, 7) is 4.15. The van der Waals surface area contributed by atoms with E-state index in [2.05, 4.69) is 67.4 Å². The molecule has 0 aliphatic carbocycles. The van der Waals surface area contributed by atoms with Crippen LogP contribution in [0, 0.1) is 19.1 Å². The number of aryl methyl sites for hydroxylation is 2. The van der Waals surface area contributed by atoms with E-state index in [-0.39, 0.29) is 0 Å². The molecule has 0 amide bonds. The number of hydrogen-bond acceptors (Lipinski definition) is 2. The van der Waals surface area contributed by atoms with Crippen molar-refractivity contribution in [2.75, 3.05) is 0 Å². The van der Waals surface area contributed by atoms with Crippen LogP contribution >= 0.6 is 7.92 Å². The third-order valence-corrected chi connectivity index (χ3v) is 6.83. The maximum atomic E-state index is 13.1. The highest BCUT2D eigenvalue weighted by Gasteiger charge is 2.26. The van der Waals surface area contributed by atoms with Crippen LogP contribution in [0.15, 0.2) is 79.0 Å². The Morgan fingerprint density at radius 3 is 1.88 bits per heavy atom. The fraction of sp³-hybridized carbons (Fsp3) is 0.0909. The molecule has 3 aromatic carbocycles. The highest BCUT2D eigenvalue weighted by molar-refractivity contribution is 7.79. The molecule has 3 nitrogen and oxygen atoms in total. The Morgan fingerprint density at radius 2 is 1.31 bits per heavy atom. The number of hydrogen-bond donors (Lipinski definition) is 0. The Bertz CT molecular complexity index is 1010. The molecule has 4 aromatic rings. The number of nitrogens with zero attached hydrogens (tertiary/aromatic N) is 2. The molecule has 1 aromatic heterocycles. The summed E-state index contributed by atoms with van der Waals surface area (Å²) in [6.07, 6.45) is 1.74. The Balaban J connectivity index is 1.94. The van der Waals surface area contributed by atoms with E-state index in [1.54, 1.807) is 6.20 Å². The molecule has 128 valence electrons. The molecule has 0 radical (unpaired) electrons. The zero-order valence-corrected chi connectivity index (χ0v) is 15.6. The maximum Gasteiger partial charge on any atom is 0.242 e. The van der Waals surface area contributed by atoms with Gasteiger partial charge >= 0.3 is 0 Å². The molecule has 4 rings (SSSR count). The van der Waals surface area contributed by atoms with Crippen LogP contribution in [-0.4, -0.2) is 4.98 Å². The SMILES string of the molecule is Cc1ccc(P(c2ccc(C)cc2)c2cnc3ccccc3[n+]2[O-])cc1. The van der Waals surface area contributed by atoms with Crippen molar-refractivity contribution in [1.29, 1.82) is 0 Å². The van der Waals surface area contributed by atoms with Gasteiger partial charge < -0.3 is 5.21 Å². The lowest BCUT2D eigenvalue weighted by Gasteiger charge is -2.18. The topological polar surface area (TPSA) is 39.8 Å². The van der Waals surface area contributed by atoms with Crippen LogP contribution in [0.5, 0.6) is 0 Å². The summed E-state index contributed by atoms with van der Waals surface area (Å²) >= 11 is 0. The lowest BCUT2D eigenvalue weighted by Crippen LogP contribution is -2.47. The second kappa shape index (κ2) is 6.86. The van der Waals surface area contributed by atoms with Crippen LogP contribution in [0.3, 0.4) is 0 Å². The van der Waals surface area contributed by atoms with E-state index in [0.29, 0.717) is 16.5 Å². The standard InChI is InChI=1S/C22H19N2OP/c1-16-7-11-18(12-8-16)26(19-13-9-17(2)10-14-19)22-15-23-20-5-3-4-6-21(20)24(22)25/h3-15H,1-2H3. The molecule has 0 spiro atoms. The third-order valence-electron chi connectivity index (χ3n) is 4.44. The molecule has 4 heteroatoms. The normalized spacial score (nSPS) is 11.2. The lowest BCUT2D eigenvalue weighted by atomic mass is 10.2. The van der Waals surface area contributed by atoms with Crippen LogP contribution in [0.4, 0.5) is 0 Å². The van der Waals surface area contributed by atoms with Gasteiger partial charge in [0.05, 0.1) is 7.92 Å². The maximum absolute atomic E-state index is 13.1. The largest absolute Gasteiger partial charge is 0.618 e. The number of aromatic nitrogens is 2. The van der Waals surface area contributed by atoms with Crippen LogP contribution in [0.25, 0.3) is 11.0 Å².